The highest BCUT2D eigenvalue weighted by Gasteiger charge is 2.23. The lowest BCUT2D eigenvalue weighted by atomic mass is 9.83. The van der Waals surface area contributed by atoms with Gasteiger partial charge in [0.25, 0.3) is 0 Å². The van der Waals surface area contributed by atoms with Gasteiger partial charge in [-0.15, -0.1) is 0 Å². The molecule has 1 heteroatoms. The van der Waals surface area contributed by atoms with E-state index in [0.717, 1.165) is 21.9 Å². The van der Waals surface area contributed by atoms with Crippen LogP contribution in [0.4, 0.5) is 0 Å². The van der Waals surface area contributed by atoms with Gasteiger partial charge in [0.05, 0.1) is 0 Å². The molecule has 15 aromatic rings. The quantitative estimate of drug-likeness (QED) is 0.127. The Hall–Kier alpha value is -9.04. The smallest absolute Gasteiger partial charge is 0.135 e. The first-order valence-electron chi connectivity index (χ1n) is 23.9. The lowest BCUT2D eigenvalue weighted by molar-refractivity contribution is 0.669. The normalized spacial score (nSPS) is 12.1. The zero-order valence-electron chi connectivity index (χ0n) is 37.5. The van der Waals surface area contributed by atoms with Gasteiger partial charge < -0.3 is 4.42 Å². The number of furan rings is 1. The van der Waals surface area contributed by atoms with E-state index in [4.69, 9.17) is 4.42 Å². The van der Waals surface area contributed by atoms with Gasteiger partial charge in [0.2, 0.25) is 0 Å². The molecule has 318 valence electrons. The predicted octanol–water partition coefficient (Wildman–Crippen LogP) is 19.5. The van der Waals surface area contributed by atoms with Gasteiger partial charge in [-0.2, -0.15) is 0 Å². The number of hydrogen-bond acceptors (Lipinski definition) is 1. The van der Waals surface area contributed by atoms with Crippen molar-refractivity contribution in [2.45, 2.75) is 0 Å². The molecule has 0 fully saturated rings. The van der Waals surface area contributed by atoms with Crippen molar-refractivity contribution < 1.29 is 4.42 Å². The second-order valence-electron chi connectivity index (χ2n) is 18.7. The second kappa shape index (κ2) is 14.7. The third kappa shape index (κ3) is 5.71. The minimum Gasteiger partial charge on any atom is -0.456 e. The topological polar surface area (TPSA) is 13.1 Å². The number of benzene rings is 14. The number of hydrogen-bond donors (Lipinski definition) is 0. The van der Waals surface area contributed by atoms with Crippen molar-refractivity contribution >= 4 is 108 Å². The molecule has 0 saturated heterocycles. The summed E-state index contributed by atoms with van der Waals surface area (Å²) < 4.78 is 6.75. The van der Waals surface area contributed by atoms with Gasteiger partial charge in [-0.3, -0.25) is 0 Å². The molecule has 0 aliphatic heterocycles. The van der Waals surface area contributed by atoms with Crippen LogP contribution in [-0.2, 0) is 0 Å². The van der Waals surface area contributed by atoms with Gasteiger partial charge in [0.15, 0.2) is 0 Å². The third-order valence-corrected chi connectivity index (χ3v) is 15.0. The first-order chi connectivity index (χ1) is 34.2. The van der Waals surface area contributed by atoms with E-state index in [1.807, 2.05) is 0 Å². The summed E-state index contributed by atoms with van der Waals surface area (Å²) in [6, 6.07) is 89.8. The summed E-state index contributed by atoms with van der Waals surface area (Å²) in [4.78, 5) is 0. The van der Waals surface area contributed by atoms with Crippen molar-refractivity contribution in [3.63, 3.8) is 0 Å². The molecule has 1 nitrogen and oxygen atoms in total. The number of fused-ring (bicyclic) bond motifs is 13. The molecule has 15 rings (SSSR count). The lowest BCUT2D eigenvalue weighted by Crippen LogP contribution is -1.92. The average Bonchev–Trinajstić information content (AvgIpc) is 3.78. The second-order valence-corrected chi connectivity index (χ2v) is 18.7. The molecule has 14 aromatic carbocycles. The molecular formula is C68H40O. The molecule has 0 atom stereocenters. The maximum atomic E-state index is 6.75. The van der Waals surface area contributed by atoms with Crippen LogP contribution in [0, 0.1) is 0 Å². The van der Waals surface area contributed by atoms with Crippen LogP contribution in [0.25, 0.3) is 153 Å². The zero-order valence-corrected chi connectivity index (χ0v) is 37.5. The standard InChI is InChI=1S/C68H40O/c1-3-17-45-37-47(27-25-41(45)13-1)63-53-21-9-11-23-55(53)65(67-51-19-7-5-15-43(51)29-33-57(63)67)49-31-35-61-59(39-49)60-40-50(32-36-62(60)69-61)66-56-24-12-10-22-54(56)64(48-28-26-42-14-2-4-18-46(42)38-48)58-34-30-44-16-6-8-20-52(44)68(58)66/h1-40H. The lowest BCUT2D eigenvalue weighted by Gasteiger charge is -2.20. The Kier molecular flexibility index (Phi) is 8.13. The highest BCUT2D eigenvalue weighted by atomic mass is 16.3. The van der Waals surface area contributed by atoms with Crippen molar-refractivity contribution in [2.24, 2.45) is 0 Å². The van der Waals surface area contributed by atoms with Crippen molar-refractivity contribution in [1.82, 2.24) is 0 Å². The molecule has 0 spiro atoms. The van der Waals surface area contributed by atoms with Crippen LogP contribution < -0.4 is 0 Å². The van der Waals surface area contributed by atoms with Crippen molar-refractivity contribution in [2.75, 3.05) is 0 Å². The molecule has 0 saturated carbocycles. The van der Waals surface area contributed by atoms with E-state index >= 15 is 0 Å². The Labute approximate surface area is 397 Å². The maximum Gasteiger partial charge on any atom is 0.135 e. The summed E-state index contributed by atoms with van der Waals surface area (Å²) >= 11 is 0. The summed E-state index contributed by atoms with van der Waals surface area (Å²) in [5.74, 6) is 0. The van der Waals surface area contributed by atoms with Crippen LogP contribution in [0.2, 0.25) is 0 Å². The average molecular weight is 873 g/mol. The van der Waals surface area contributed by atoms with E-state index in [1.54, 1.807) is 0 Å². The van der Waals surface area contributed by atoms with Crippen molar-refractivity contribution in [1.29, 1.82) is 0 Å². The predicted molar refractivity (Wildman–Crippen MR) is 296 cm³/mol. The van der Waals surface area contributed by atoms with E-state index in [9.17, 15) is 0 Å². The van der Waals surface area contributed by atoms with Gasteiger partial charge in [0.1, 0.15) is 11.2 Å². The molecule has 69 heavy (non-hydrogen) atoms. The van der Waals surface area contributed by atoms with Gasteiger partial charge in [-0.05, 0) is 167 Å². The van der Waals surface area contributed by atoms with E-state index in [-0.39, 0.29) is 0 Å². The highest BCUT2D eigenvalue weighted by Crippen LogP contribution is 2.50. The fraction of sp³-hybridized carbons (Fsp3) is 0. The Bertz CT molecular complexity index is 4370. The third-order valence-electron chi connectivity index (χ3n) is 15.0. The molecule has 1 aromatic heterocycles. The minimum atomic E-state index is 0.879. The molecule has 0 amide bonds. The van der Waals surface area contributed by atoms with Crippen LogP contribution >= 0.6 is 0 Å². The maximum absolute atomic E-state index is 6.75. The highest BCUT2D eigenvalue weighted by molar-refractivity contribution is 6.30. The van der Waals surface area contributed by atoms with Crippen LogP contribution in [0.15, 0.2) is 247 Å². The van der Waals surface area contributed by atoms with E-state index < -0.39 is 0 Å². The number of rotatable bonds is 4. The van der Waals surface area contributed by atoms with Crippen molar-refractivity contribution in [3.05, 3.63) is 243 Å². The van der Waals surface area contributed by atoms with Crippen LogP contribution in [0.1, 0.15) is 0 Å². The summed E-state index contributed by atoms with van der Waals surface area (Å²) in [5, 5.41) is 22.1. The molecule has 0 aliphatic rings. The Morgan fingerprint density at radius 3 is 0.942 bits per heavy atom. The molecule has 0 bridgehead atoms. The van der Waals surface area contributed by atoms with E-state index in [1.165, 1.54) is 131 Å². The van der Waals surface area contributed by atoms with Gasteiger partial charge in [0, 0.05) is 10.8 Å². The first-order valence-corrected chi connectivity index (χ1v) is 23.9. The largest absolute Gasteiger partial charge is 0.456 e. The van der Waals surface area contributed by atoms with E-state index in [2.05, 4.69) is 243 Å². The van der Waals surface area contributed by atoms with Crippen LogP contribution in [-0.4, -0.2) is 0 Å². The van der Waals surface area contributed by atoms with Crippen molar-refractivity contribution in [3.8, 4) is 44.5 Å². The molecule has 0 radical (unpaired) electrons. The summed E-state index contributed by atoms with van der Waals surface area (Å²) in [6.45, 7) is 0. The van der Waals surface area contributed by atoms with Gasteiger partial charge in [-0.1, -0.05) is 206 Å². The fourth-order valence-corrected chi connectivity index (χ4v) is 11.9. The summed E-state index contributed by atoms with van der Waals surface area (Å²) in [5.41, 5.74) is 11.5. The Morgan fingerprint density at radius 2 is 0.507 bits per heavy atom. The molecule has 0 unspecified atom stereocenters. The SMILES string of the molecule is c1ccc2cc(-c3c4ccccc4c(-c4ccc5oc6ccc(-c7c8ccccc8c(-c8ccc9ccccc9c8)c8ccc9ccccc9c78)cc6c5c4)c4c3ccc3ccccc34)ccc2c1. The first kappa shape index (κ1) is 38.1. The fourth-order valence-electron chi connectivity index (χ4n) is 11.9. The molecule has 0 aliphatic carbocycles. The minimum absolute atomic E-state index is 0.879. The van der Waals surface area contributed by atoms with Crippen LogP contribution in [0.3, 0.4) is 0 Å². The molecular weight excluding hydrogens is 833 g/mol. The molecule has 1 heterocycles. The zero-order chi connectivity index (χ0) is 45.2. The van der Waals surface area contributed by atoms with Gasteiger partial charge >= 0.3 is 0 Å². The monoisotopic (exact) mass is 872 g/mol. The van der Waals surface area contributed by atoms with E-state index in [0.29, 0.717) is 0 Å². The molecule has 0 N–H and O–H groups in total. The summed E-state index contributed by atoms with van der Waals surface area (Å²) in [7, 11) is 0. The van der Waals surface area contributed by atoms with Gasteiger partial charge in [-0.25, -0.2) is 0 Å². The Morgan fingerprint density at radius 1 is 0.188 bits per heavy atom. The summed E-state index contributed by atoms with van der Waals surface area (Å²) in [6.07, 6.45) is 0. The van der Waals surface area contributed by atoms with Crippen LogP contribution in [0.5, 0.6) is 0 Å². The Balaban J connectivity index is 1.00.